The van der Waals surface area contributed by atoms with Gasteiger partial charge in [-0.25, -0.2) is 18.3 Å². The maximum Gasteiger partial charge on any atom is 0.404 e. The van der Waals surface area contributed by atoms with Crippen molar-refractivity contribution in [2.75, 3.05) is 6.54 Å². The number of aromatic nitrogens is 2. The van der Waals surface area contributed by atoms with Crippen molar-refractivity contribution in [3.63, 3.8) is 0 Å². The summed E-state index contributed by atoms with van der Waals surface area (Å²) in [6, 6.07) is 11.9. The van der Waals surface area contributed by atoms with Crippen LogP contribution in [0.5, 0.6) is 0 Å². The van der Waals surface area contributed by atoms with Crippen molar-refractivity contribution in [1.82, 2.24) is 20.4 Å². The summed E-state index contributed by atoms with van der Waals surface area (Å²) in [6.07, 6.45) is 2.91. The van der Waals surface area contributed by atoms with Gasteiger partial charge in [0, 0.05) is 30.5 Å². The number of halogens is 2. The molecule has 0 bridgehead atoms. The first-order chi connectivity index (χ1) is 16.3. The normalized spacial score (nSPS) is 21.1. The molecule has 1 aliphatic carbocycles. The highest BCUT2D eigenvalue weighted by molar-refractivity contribution is 5.65. The second kappa shape index (κ2) is 9.90. The third-order valence-corrected chi connectivity index (χ3v) is 6.51. The minimum Gasteiger partial charge on any atom is -0.465 e. The lowest BCUT2D eigenvalue weighted by atomic mass is 9.98. The fourth-order valence-electron chi connectivity index (χ4n) is 4.70. The Morgan fingerprint density at radius 2 is 2.00 bits per heavy atom. The van der Waals surface area contributed by atoms with Crippen LogP contribution in [0.2, 0.25) is 0 Å². The standard InChI is InChI=1S/C25H28F2N4O3/c1-2-17-14-25(17,18-5-3-6-21(12-18)31-8-4-7-29-31)28-15-23(32)22(30-24(33)34)11-16-9-19(26)13-20(27)10-16/h3-10,12-13,17,22-23,28,30,32H,2,11,14-15H2,1H3,(H,33,34). The van der Waals surface area contributed by atoms with Crippen LogP contribution in [-0.4, -0.2) is 44.8 Å². The lowest BCUT2D eigenvalue weighted by Crippen LogP contribution is -2.50. The summed E-state index contributed by atoms with van der Waals surface area (Å²) in [6.45, 7) is 2.21. The number of hydrogen-bond donors (Lipinski definition) is 4. The molecule has 0 radical (unpaired) electrons. The molecule has 0 saturated heterocycles. The van der Waals surface area contributed by atoms with Gasteiger partial charge < -0.3 is 20.8 Å². The van der Waals surface area contributed by atoms with Crippen LogP contribution < -0.4 is 10.6 Å². The number of nitrogens with zero attached hydrogens (tertiary/aromatic N) is 2. The zero-order chi connectivity index (χ0) is 24.3. The number of benzene rings is 2. The van der Waals surface area contributed by atoms with Crippen molar-refractivity contribution in [3.05, 3.63) is 83.7 Å². The molecule has 1 amide bonds. The van der Waals surface area contributed by atoms with Crippen molar-refractivity contribution < 1.29 is 23.8 Å². The summed E-state index contributed by atoms with van der Waals surface area (Å²) in [5.74, 6) is -1.15. The highest BCUT2D eigenvalue weighted by Crippen LogP contribution is 2.54. The first-order valence-electron chi connectivity index (χ1n) is 11.3. The van der Waals surface area contributed by atoms with Crippen molar-refractivity contribution in [2.45, 2.75) is 43.9 Å². The second-order valence-corrected chi connectivity index (χ2v) is 8.77. The summed E-state index contributed by atoms with van der Waals surface area (Å²) in [7, 11) is 0. The van der Waals surface area contributed by atoms with E-state index in [2.05, 4.69) is 28.7 Å². The van der Waals surface area contributed by atoms with Gasteiger partial charge in [0.15, 0.2) is 0 Å². The molecule has 1 fully saturated rings. The van der Waals surface area contributed by atoms with Crippen LogP contribution in [0.3, 0.4) is 0 Å². The van der Waals surface area contributed by atoms with Gasteiger partial charge in [0.1, 0.15) is 11.6 Å². The quantitative estimate of drug-likeness (QED) is 0.363. The molecule has 1 saturated carbocycles. The number of carbonyl (C=O) groups is 1. The predicted molar refractivity (Wildman–Crippen MR) is 123 cm³/mol. The lowest BCUT2D eigenvalue weighted by molar-refractivity contribution is 0.113. The van der Waals surface area contributed by atoms with Crippen LogP contribution in [0.25, 0.3) is 5.69 Å². The first-order valence-corrected chi connectivity index (χ1v) is 11.3. The molecule has 1 aliphatic rings. The zero-order valence-electron chi connectivity index (χ0n) is 18.8. The molecule has 1 heterocycles. The fraction of sp³-hybridized carbons (Fsp3) is 0.360. The van der Waals surface area contributed by atoms with E-state index in [9.17, 15) is 23.8 Å². The van der Waals surface area contributed by atoms with Crippen molar-refractivity contribution in [1.29, 1.82) is 0 Å². The van der Waals surface area contributed by atoms with Crippen molar-refractivity contribution in [2.24, 2.45) is 5.92 Å². The van der Waals surface area contributed by atoms with Gasteiger partial charge in [0.2, 0.25) is 0 Å². The smallest absolute Gasteiger partial charge is 0.404 e. The average molecular weight is 471 g/mol. The molecule has 34 heavy (non-hydrogen) atoms. The van der Waals surface area contributed by atoms with E-state index in [-0.39, 0.29) is 24.1 Å². The van der Waals surface area contributed by atoms with Gasteiger partial charge in [0.05, 0.1) is 17.8 Å². The fourth-order valence-corrected chi connectivity index (χ4v) is 4.70. The van der Waals surface area contributed by atoms with Gasteiger partial charge >= 0.3 is 6.09 Å². The Morgan fingerprint density at radius 1 is 1.24 bits per heavy atom. The summed E-state index contributed by atoms with van der Waals surface area (Å²) in [5, 5.41) is 30.1. The average Bonchev–Trinajstić information content (AvgIpc) is 3.24. The van der Waals surface area contributed by atoms with Gasteiger partial charge in [-0.3, -0.25) is 0 Å². The summed E-state index contributed by atoms with van der Waals surface area (Å²) >= 11 is 0. The van der Waals surface area contributed by atoms with E-state index in [0.29, 0.717) is 5.92 Å². The number of aliphatic hydroxyl groups is 1. The molecule has 9 heteroatoms. The van der Waals surface area contributed by atoms with Crippen LogP contribution in [0.15, 0.2) is 60.9 Å². The van der Waals surface area contributed by atoms with Gasteiger partial charge in [0.25, 0.3) is 0 Å². The van der Waals surface area contributed by atoms with Gasteiger partial charge in [-0.2, -0.15) is 5.10 Å². The molecular weight excluding hydrogens is 442 g/mol. The van der Waals surface area contributed by atoms with Gasteiger partial charge in [-0.1, -0.05) is 25.5 Å². The third kappa shape index (κ3) is 5.26. The number of amides is 1. The SMILES string of the molecule is CCC1CC1(NCC(O)C(Cc1cc(F)cc(F)c1)NC(=O)O)c1cccc(-n2cccn2)c1. The van der Waals surface area contributed by atoms with Crippen LogP contribution in [-0.2, 0) is 12.0 Å². The summed E-state index contributed by atoms with van der Waals surface area (Å²) in [4.78, 5) is 11.3. The molecule has 7 nitrogen and oxygen atoms in total. The maximum absolute atomic E-state index is 13.6. The molecule has 180 valence electrons. The van der Waals surface area contributed by atoms with Crippen LogP contribution >= 0.6 is 0 Å². The number of nitrogens with one attached hydrogen (secondary N) is 2. The molecule has 1 aromatic heterocycles. The highest BCUT2D eigenvalue weighted by atomic mass is 19.1. The Bertz CT molecular complexity index is 1120. The van der Waals surface area contributed by atoms with Crippen molar-refractivity contribution >= 4 is 6.09 Å². The van der Waals surface area contributed by atoms with Gasteiger partial charge in [-0.15, -0.1) is 0 Å². The van der Waals surface area contributed by atoms with Crippen LogP contribution in [0.4, 0.5) is 13.6 Å². The van der Waals surface area contributed by atoms with E-state index < -0.39 is 29.9 Å². The highest BCUT2D eigenvalue weighted by Gasteiger charge is 2.54. The Hall–Kier alpha value is -3.30. The third-order valence-electron chi connectivity index (χ3n) is 6.51. The topological polar surface area (TPSA) is 99.4 Å². The molecule has 0 aliphatic heterocycles. The molecule has 0 spiro atoms. The predicted octanol–water partition coefficient (Wildman–Crippen LogP) is 3.61. The first kappa shape index (κ1) is 23.8. The van der Waals surface area contributed by atoms with Gasteiger partial charge in [-0.05, 0) is 60.2 Å². The lowest BCUT2D eigenvalue weighted by Gasteiger charge is -2.27. The van der Waals surface area contributed by atoms with E-state index in [4.69, 9.17) is 0 Å². The Labute approximate surface area is 196 Å². The number of hydrogen-bond acceptors (Lipinski definition) is 4. The molecule has 4 rings (SSSR count). The minimum atomic E-state index is -1.32. The second-order valence-electron chi connectivity index (χ2n) is 8.77. The minimum absolute atomic E-state index is 0.0528. The number of rotatable bonds is 10. The molecule has 2 aromatic carbocycles. The Morgan fingerprint density at radius 3 is 2.62 bits per heavy atom. The van der Waals surface area contributed by atoms with Crippen molar-refractivity contribution in [3.8, 4) is 5.69 Å². The monoisotopic (exact) mass is 470 g/mol. The maximum atomic E-state index is 13.6. The molecule has 4 N–H and O–H groups in total. The molecular formula is C25H28F2N4O3. The molecule has 4 atom stereocenters. The molecule has 3 aromatic rings. The van der Waals surface area contributed by atoms with E-state index in [1.807, 2.05) is 30.5 Å². The van der Waals surface area contributed by atoms with Crippen LogP contribution in [0, 0.1) is 17.6 Å². The van der Waals surface area contributed by atoms with E-state index >= 15 is 0 Å². The molecule has 4 unspecified atom stereocenters. The Kier molecular flexibility index (Phi) is 6.95. The number of aliphatic hydroxyl groups excluding tert-OH is 1. The van der Waals surface area contributed by atoms with E-state index in [1.54, 1.807) is 10.9 Å². The number of carboxylic acid groups (broad SMARTS) is 1. The van der Waals surface area contributed by atoms with E-state index in [1.165, 1.54) is 0 Å². The van der Waals surface area contributed by atoms with Crippen LogP contribution in [0.1, 0.15) is 30.9 Å². The summed E-state index contributed by atoms with van der Waals surface area (Å²) < 4.78 is 29.0. The largest absolute Gasteiger partial charge is 0.465 e. The zero-order valence-corrected chi connectivity index (χ0v) is 18.8. The summed E-state index contributed by atoms with van der Waals surface area (Å²) in [5.41, 5.74) is 1.89. The van der Waals surface area contributed by atoms with E-state index in [0.717, 1.165) is 42.3 Å². The Balaban J connectivity index is 1.50.